The second-order valence-corrected chi connectivity index (χ2v) is 12.3. The van der Waals surface area contributed by atoms with Crippen LogP contribution in [0, 0.1) is 5.92 Å². The number of thiophene rings is 1. The Morgan fingerprint density at radius 2 is 1.82 bits per heavy atom. The van der Waals surface area contributed by atoms with Crippen molar-refractivity contribution in [3.8, 4) is 5.75 Å². The lowest BCUT2D eigenvalue weighted by molar-refractivity contribution is 0.378. The zero-order chi connectivity index (χ0) is 25.2. The monoisotopic (exact) mass is 529 g/mol. The molecule has 2 unspecified atom stereocenters. The molecule has 10 nitrogen and oxygen atoms in total. The maximum Gasteiger partial charge on any atom is 0.269 e. The summed E-state index contributed by atoms with van der Waals surface area (Å²) in [7, 11) is -3.84. The maximum atomic E-state index is 12.8. The van der Waals surface area contributed by atoms with Crippen LogP contribution in [0.15, 0.2) is 35.1 Å². The van der Waals surface area contributed by atoms with E-state index in [0.29, 0.717) is 11.7 Å². The van der Waals surface area contributed by atoms with Crippen LogP contribution in [0.3, 0.4) is 0 Å². The number of rotatable bonds is 9. The lowest BCUT2D eigenvalue weighted by Gasteiger charge is -2.21. The lowest BCUT2D eigenvalue weighted by Crippen LogP contribution is -2.38. The highest BCUT2D eigenvalue weighted by Crippen LogP contribution is 2.39. The first kappa shape index (κ1) is 26.4. The minimum Gasteiger partial charge on any atom is -0.504 e. The molecule has 0 aromatic carbocycles. The molecular weight excluding hydrogens is 498 g/mol. The van der Waals surface area contributed by atoms with Gasteiger partial charge in [-0.3, -0.25) is 0 Å². The fraction of sp³-hybridized carbons (Fsp3) is 0.524. The summed E-state index contributed by atoms with van der Waals surface area (Å²) < 4.78 is 52.7. The Kier molecular flexibility index (Phi) is 8.22. The van der Waals surface area contributed by atoms with Crippen molar-refractivity contribution in [3.63, 3.8) is 0 Å². The van der Waals surface area contributed by atoms with Gasteiger partial charge in [0.25, 0.3) is 21.2 Å². The first-order valence-electron chi connectivity index (χ1n) is 11.0. The molecule has 0 aliphatic carbocycles. The average Bonchev–Trinajstić information content (AvgIpc) is 3.46. The van der Waals surface area contributed by atoms with Crippen LogP contribution in [-0.4, -0.2) is 46.8 Å². The van der Waals surface area contributed by atoms with Crippen molar-refractivity contribution >= 4 is 49.9 Å². The molecule has 13 heteroatoms. The van der Waals surface area contributed by atoms with Gasteiger partial charge in [-0.15, -0.1) is 20.1 Å². The van der Waals surface area contributed by atoms with E-state index in [4.69, 9.17) is 4.42 Å². The van der Waals surface area contributed by atoms with Crippen LogP contribution < -0.4 is 10.6 Å². The van der Waals surface area contributed by atoms with Gasteiger partial charge in [0, 0.05) is 18.5 Å². The third kappa shape index (κ3) is 5.37. The SMILES string of the molecule is CCN(CC)S(=O)(=O)c1scc(NC2=NS(=O)N=C2NC(c2cc(C(C)C)co2)C(C)C)c1O. The van der Waals surface area contributed by atoms with Gasteiger partial charge in [-0.05, 0) is 23.5 Å². The number of aromatic hydroxyl groups is 1. The molecule has 3 heterocycles. The van der Waals surface area contributed by atoms with Crippen molar-refractivity contribution < 1.29 is 22.2 Å². The molecule has 0 radical (unpaired) electrons. The highest BCUT2D eigenvalue weighted by molar-refractivity contribution is 7.91. The van der Waals surface area contributed by atoms with E-state index in [-0.39, 0.29) is 46.6 Å². The first-order chi connectivity index (χ1) is 16.0. The van der Waals surface area contributed by atoms with E-state index in [9.17, 15) is 17.7 Å². The molecule has 0 saturated heterocycles. The molecule has 0 fully saturated rings. The van der Waals surface area contributed by atoms with E-state index >= 15 is 0 Å². The van der Waals surface area contributed by atoms with Gasteiger partial charge in [0.2, 0.25) is 0 Å². The molecule has 34 heavy (non-hydrogen) atoms. The van der Waals surface area contributed by atoms with Gasteiger partial charge < -0.3 is 20.2 Å². The van der Waals surface area contributed by atoms with Gasteiger partial charge in [0.05, 0.1) is 18.0 Å². The van der Waals surface area contributed by atoms with Gasteiger partial charge in [0.15, 0.2) is 21.6 Å². The first-order valence-corrected chi connectivity index (χ1v) is 14.4. The minimum atomic E-state index is -3.84. The molecule has 188 valence electrons. The largest absolute Gasteiger partial charge is 0.504 e. The fourth-order valence-corrected chi connectivity index (χ4v) is 6.86. The molecular formula is C21H31N5O5S3. The quantitative estimate of drug-likeness (QED) is 0.447. The van der Waals surface area contributed by atoms with E-state index in [1.807, 2.05) is 19.9 Å². The number of hydrogen-bond acceptors (Lipinski definition) is 8. The zero-order valence-electron chi connectivity index (χ0n) is 20.0. The number of furan rings is 1. The average molecular weight is 530 g/mol. The summed E-state index contributed by atoms with van der Waals surface area (Å²) >= 11 is -0.956. The summed E-state index contributed by atoms with van der Waals surface area (Å²) in [4.78, 5) is 0. The number of hydrogen-bond donors (Lipinski definition) is 3. The number of nitrogens with zero attached hydrogens (tertiary/aromatic N) is 3. The van der Waals surface area contributed by atoms with E-state index in [2.05, 4.69) is 33.3 Å². The Balaban J connectivity index is 1.85. The molecule has 0 amide bonds. The molecule has 1 aliphatic heterocycles. The summed E-state index contributed by atoms with van der Waals surface area (Å²) in [5.41, 5.74) is 1.21. The van der Waals surface area contributed by atoms with E-state index in [1.54, 1.807) is 20.1 Å². The molecule has 3 rings (SSSR count). The van der Waals surface area contributed by atoms with Crippen LogP contribution in [0.5, 0.6) is 5.75 Å². The van der Waals surface area contributed by atoms with Crippen LogP contribution in [0.4, 0.5) is 5.69 Å². The zero-order valence-corrected chi connectivity index (χ0v) is 22.5. The van der Waals surface area contributed by atoms with Gasteiger partial charge in [-0.25, -0.2) is 12.6 Å². The van der Waals surface area contributed by atoms with Crippen LogP contribution in [0.2, 0.25) is 0 Å². The van der Waals surface area contributed by atoms with Crippen LogP contribution in [0.1, 0.15) is 64.8 Å². The summed E-state index contributed by atoms with van der Waals surface area (Å²) in [6.07, 6.45) is 1.72. The van der Waals surface area contributed by atoms with Crippen LogP contribution in [-0.2, 0) is 21.2 Å². The standard InChI is InChI=1S/C21H31N5O5S3/c1-7-26(8-2)34(29,30)21-18(27)15(11-32-21)22-19-20(25-33(28)24-19)23-17(13(5)6)16-9-14(10-31-16)12(3)4/h9-13,17,27H,7-8H2,1-6H3,(H,22,24)(H,23,25). The predicted octanol–water partition coefficient (Wildman–Crippen LogP) is 3.99. The summed E-state index contributed by atoms with van der Waals surface area (Å²) in [6.45, 7) is 12.2. The summed E-state index contributed by atoms with van der Waals surface area (Å²) in [5.74, 6) is 1.08. The molecule has 0 saturated carbocycles. The number of amidine groups is 2. The highest BCUT2D eigenvalue weighted by Gasteiger charge is 2.31. The van der Waals surface area contributed by atoms with Crippen molar-refractivity contribution in [2.24, 2.45) is 14.7 Å². The Morgan fingerprint density at radius 1 is 1.18 bits per heavy atom. The highest BCUT2D eigenvalue weighted by atomic mass is 32.2. The Morgan fingerprint density at radius 3 is 2.38 bits per heavy atom. The Labute approximate surface area is 207 Å². The molecule has 0 spiro atoms. The molecule has 2 atom stereocenters. The summed E-state index contributed by atoms with van der Waals surface area (Å²) in [6, 6.07) is 1.71. The number of sulfonamides is 1. The molecule has 3 N–H and O–H groups in total. The van der Waals surface area contributed by atoms with Gasteiger partial charge >= 0.3 is 0 Å². The molecule has 1 aliphatic rings. The van der Waals surface area contributed by atoms with Gasteiger partial charge in [-0.2, -0.15) is 4.31 Å². The van der Waals surface area contributed by atoms with Gasteiger partial charge in [0.1, 0.15) is 5.76 Å². The maximum absolute atomic E-state index is 12.8. The second kappa shape index (κ2) is 10.6. The lowest BCUT2D eigenvalue weighted by atomic mass is 9.99. The third-order valence-corrected chi connectivity index (χ3v) is 9.62. The predicted molar refractivity (Wildman–Crippen MR) is 136 cm³/mol. The number of nitrogens with one attached hydrogen (secondary N) is 2. The Hall–Kier alpha value is -2.22. The van der Waals surface area contributed by atoms with Crippen molar-refractivity contribution in [2.75, 3.05) is 18.4 Å². The number of anilines is 1. The van der Waals surface area contributed by atoms with Crippen molar-refractivity contribution in [3.05, 3.63) is 29.0 Å². The van der Waals surface area contributed by atoms with Crippen LogP contribution in [0.25, 0.3) is 0 Å². The minimum absolute atomic E-state index is 0.101. The normalized spacial score (nSPS) is 17.4. The van der Waals surface area contributed by atoms with Crippen molar-refractivity contribution in [1.82, 2.24) is 9.62 Å². The summed E-state index contributed by atoms with van der Waals surface area (Å²) in [5, 5.41) is 18.3. The van der Waals surface area contributed by atoms with E-state index < -0.39 is 26.9 Å². The molecule has 2 aromatic rings. The second-order valence-electron chi connectivity index (χ2n) is 8.41. The van der Waals surface area contributed by atoms with E-state index in [0.717, 1.165) is 16.9 Å². The van der Waals surface area contributed by atoms with E-state index in [1.165, 1.54) is 9.69 Å². The van der Waals surface area contributed by atoms with Gasteiger partial charge in [-0.1, -0.05) is 41.5 Å². The van der Waals surface area contributed by atoms with Crippen molar-refractivity contribution in [1.29, 1.82) is 0 Å². The molecule has 2 aromatic heterocycles. The van der Waals surface area contributed by atoms with Crippen molar-refractivity contribution in [2.45, 2.75) is 57.7 Å². The topological polar surface area (TPSA) is 137 Å². The molecule has 0 bridgehead atoms. The smallest absolute Gasteiger partial charge is 0.269 e. The fourth-order valence-electron chi connectivity index (χ4n) is 3.40. The third-order valence-electron chi connectivity index (χ3n) is 5.40. The Bertz CT molecular complexity index is 1210. The van der Waals surface area contributed by atoms with Crippen LogP contribution >= 0.6 is 11.3 Å².